The average molecular weight is 456 g/mol. The second-order valence-corrected chi connectivity index (χ2v) is 8.44. The van der Waals surface area contributed by atoms with Gasteiger partial charge in [-0.05, 0) is 41.5 Å². The van der Waals surface area contributed by atoms with E-state index in [9.17, 15) is 4.79 Å². The summed E-state index contributed by atoms with van der Waals surface area (Å²) in [4.78, 5) is 18.9. The first-order chi connectivity index (χ1) is 16.1. The Labute approximate surface area is 194 Å². The molecule has 0 bridgehead atoms. The van der Waals surface area contributed by atoms with Crippen LogP contribution >= 0.6 is 11.3 Å². The molecule has 0 aliphatic carbocycles. The van der Waals surface area contributed by atoms with Crippen LogP contribution in [-0.4, -0.2) is 18.0 Å². The lowest BCUT2D eigenvalue weighted by Crippen LogP contribution is -2.22. The van der Waals surface area contributed by atoms with Gasteiger partial charge in [0.2, 0.25) is 0 Å². The van der Waals surface area contributed by atoms with E-state index in [1.807, 2.05) is 66.7 Å². The molecule has 7 heteroatoms. The van der Waals surface area contributed by atoms with Gasteiger partial charge in [0.1, 0.15) is 21.2 Å². The predicted molar refractivity (Wildman–Crippen MR) is 131 cm³/mol. The predicted octanol–water partition coefficient (Wildman–Crippen LogP) is 5.74. The molecule has 5 rings (SSSR count). The molecule has 3 heterocycles. The van der Waals surface area contributed by atoms with Gasteiger partial charge in [0.25, 0.3) is 5.91 Å². The quantitative estimate of drug-likeness (QED) is 0.340. The molecule has 0 spiro atoms. The summed E-state index contributed by atoms with van der Waals surface area (Å²) in [6, 6.07) is 23.3. The van der Waals surface area contributed by atoms with E-state index >= 15 is 0 Å². The third-order valence-electron chi connectivity index (χ3n) is 5.38. The lowest BCUT2D eigenvalue weighted by Gasteiger charge is -2.10. The van der Waals surface area contributed by atoms with E-state index in [0.29, 0.717) is 21.2 Å². The van der Waals surface area contributed by atoms with E-state index in [1.165, 1.54) is 11.3 Å². The summed E-state index contributed by atoms with van der Waals surface area (Å²) in [5, 5.41) is 3.65. The average Bonchev–Trinajstić information content (AvgIpc) is 3.50. The third kappa shape index (κ3) is 4.06. The summed E-state index contributed by atoms with van der Waals surface area (Å²) in [5.41, 5.74) is 10.6. The number of fused-ring (bicyclic) bond motifs is 1. The summed E-state index contributed by atoms with van der Waals surface area (Å²) in [6.07, 6.45) is 1.57. The summed E-state index contributed by atoms with van der Waals surface area (Å²) >= 11 is 1.29. The van der Waals surface area contributed by atoms with Crippen molar-refractivity contribution < 1.29 is 13.9 Å². The molecular weight excluding hydrogens is 434 g/mol. The maximum Gasteiger partial charge on any atom is 0.263 e. The van der Waals surface area contributed by atoms with Crippen LogP contribution in [-0.2, 0) is 6.54 Å². The number of rotatable bonds is 6. The van der Waals surface area contributed by atoms with Crippen molar-refractivity contribution in [1.29, 1.82) is 0 Å². The molecule has 2 aromatic carbocycles. The van der Waals surface area contributed by atoms with Crippen LogP contribution in [0.2, 0.25) is 0 Å². The van der Waals surface area contributed by atoms with Gasteiger partial charge < -0.3 is 20.2 Å². The maximum absolute atomic E-state index is 12.9. The molecule has 0 aliphatic rings. The Kier molecular flexibility index (Phi) is 5.54. The minimum absolute atomic E-state index is 0.256. The van der Waals surface area contributed by atoms with Gasteiger partial charge in [0.05, 0.1) is 31.3 Å². The first-order valence-corrected chi connectivity index (χ1v) is 11.2. The Balaban J connectivity index is 1.63. The summed E-state index contributed by atoms with van der Waals surface area (Å²) < 4.78 is 10.6. The number of amides is 1. The van der Waals surface area contributed by atoms with E-state index in [0.717, 1.165) is 33.5 Å². The maximum atomic E-state index is 12.9. The number of carbonyl (C=O) groups is 1. The number of nitrogens with zero attached hydrogens (tertiary/aromatic N) is 1. The monoisotopic (exact) mass is 455 g/mol. The SMILES string of the molecule is COc1ccc(-c2cc(-c3ccccc3)nc3sc(C(=O)NCc4ccco4)c(N)c23)cc1. The lowest BCUT2D eigenvalue weighted by molar-refractivity contribution is 0.0953. The van der Waals surface area contributed by atoms with Gasteiger partial charge in [-0.1, -0.05) is 42.5 Å². The summed E-state index contributed by atoms with van der Waals surface area (Å²) in [6.45, 7) is 0.285. The van der Waals surface area contributed by atoms with Gasteiger partial charge in [-0.15, -0.1) is 11.3 Å². The number of thiophene rings is 1. The second kappa shape index (κ2) is 8.80. The van der Waals surface area contributed by atoms with Crippen LogP contribution in [0, 0.1) is 0 Å². The van der Waals surface area contributed by atoms with Crippen LogP contribution < -0.4 is 15.8 Å². The van der Waals surface area contributed by atoms with Gasteiger partial charge in [-0.3, -0.25) is 4.79 Å². The summed E-state index contributed by atoms with van der Waals surface area (Å²) in [5.74, 6) is 1.18. The van der Waals surface area contributed by atoms with Crippen molar-refractivity contribution in [3.63, 3.8) is 0 Å². The van der Waals surface area contributed by atoms with Crippen LogP contribution in [0.4, 0.5) is 5.69 Å². The van der Waals surface area contributed by atoms with Crippen molar-refractivity contribution in [2.24, 2.45) is 0 Å². The van der Waals surface area contributed by atoms with Gasteiger partial charge in [0.15, 0.2) is 0 Å². The number of nitrogens with two attached hydrogens (primary N) is 1. The van der Waals surface area contributed by atoms with Crippen molar-refractivity contribution >= 4 is 33.1 Å². The Morgan fingerprint density at radius 1 is 1.06 bits per heavy atom. The molecule has 0 saturated carbocycles. The fraction of sp³-hybridized carbons (Fsp3) is 0.0769. The molecule has 3 aromatic heterocycles. The van der Waals surface area contributed by atoms with Crippen molar-refractivity contribution in [2.75, 3.05) is 12.8 Å². The minimum atomic E-state index is -0.256. The van der Waals surface area contributed by atoms with Gasteiger partial charge >= 0.3 is 0 Å². The molecule has 0 atom stereocenters. The molecule has 0 fully saturated rings. The van der Waals surface area contributed by atoms with Gasteiger partial charge in [0, 0.05) is 10.9 Å². The second-order valence-electron chi connectivity index (χ2n) is 7.44. The Morgan fingerprint density at radius 2 is 1.85 bits per heavy atom. The highest BCUT2D eigenvalue weighted by molar-refractivity contribution is 7.21. The van der Waals surface area contributed by atoms with Crippen LogP contribution in [0.25, 0.3) is 32.6 Å². The number of pyridine rings is 1. The normalized spacial score (nSPS) is 10.9. The molecule has 5 aromatic rings. The minimum Gasteiger partial charge on any atom is -0.497 e. The molecule has 164 valence electrons. The van der Waals surface area contributed by atoms with E-state index in [-0.39, 0.29) is 12.5 Å². The fourth-order valence-corrected chi connectivity index (χ4v) is 4.74. The zero-order chi connectivity index (χ0) is 22.8. The molecule has 0 aliphatic heterocycles. The number of anilines is 1. The third-order valence-corrected chi connectivity index (χ3v) is 6.48. The van der Waals surface area contributed by atoms with Crippen LogP contribution in [0.15, 0.2) is 83.5 Å². The van der Waals surface area contributed by atoms with Crippen molar-refractivity contribution in [3.05, 3.63) is 89.7 Å². The van der Waals surface area contributed by atoms with Crippen LogP contribution in [0.3, 0.4) is 0 Å². The van der Waals surface area contributed by atoms with Gasteiger partial charge in [-0.25, -0.2) is 4.98 Å². The molecule has 33 heavy (non-hydrogen) atoms. The van der Waals surface area contributed by atoms with Gasteiger partial charge in [-0.2, -0.15) is 0 Å². The molecule has 6 nitrogen and oxygen atoms in total. The number of ether oxygens (including phenoxy) is 1. The lowest BCUT2D eigenvalue weighted by atomic mass is 9.99. The topological polar surface area (TPSA) is 90.4 Å². The Morgan fingerprint density at radius 3 is 2.55 bits per heavy atom. The molecule has 0 saturated heterocycles. The number of benzene rings is 2. The number of methoxy groups -OCH3 is 1. The molecule has 0 unspecified atom stereocenters. The van der Waals surface area contributed by atoms with Crippen molar-refractivity contribution in [1.82, 2.24) is 10.3 Å². The van der Waals surface area contributed by atoms with Crippen LogP contribution in [0.5, 0.6) is 5.75 Å². The van der Waals surface area contributed by atoms with E-state index in [4.69, 9.17) is 19.9 Å². The molecular formula is C26H21N3O3S. The Bertz CT molecular complexity index is 1410. The standard InChI is InChI=1S/C26H21N3O3S/c1-31-18-11-9-16(10-12-18)20-14-21(17-6-3-2-4-7-17)29-26-22(20)23(27)24(33-26)25(30)28-15-19-8-5-13-32-19/h2-14H,15,27H2,1H3,(H,28,30). The number of hydrogen-bond acceptors (Lipinski definition) is 6. The molecule has 3 N–H and O–H groups in total. The largest absolute Gasteiger partial charge is 0.497 e. The van der Waals surface area contributed by atoms with E-state index < -0.39 is 0 Å². The highest BCUT2D eigenvalue weighted by Gasteiger charge is 2.21. The van der Waals surface area contributed by atoms with E-state index in [2.05, 4.69) is 5.32 Å². The van der Waals surface area contributed by atoms with Crippen molar-refractivity contribution in [3.8, 4) is 28.1 Å². The zero-order valence-corrected chi connectivity index (χ0v) is 18.7. The fourth-order valence-electron chi connectivity index (χ4n) is 3.71. The number of carbonyl (C=O) groups excluding carboxylic acids is 1. The number of nitrogen functional groups attached to an aromatic ring is 1. The van der Waals surface area contributed by atoms with Crippen molar-refractivity contribution in [2.45, 2.75) is 6.54 Å². The molecule has 1 amide bonds. The first-order valence-electron chi connectivity index (χ1n) is 10.4. The number of hydrogen-bond donors (Lipinski definition) is 2. The zero-order valence-electron chi connectivity index (χ0n) is 17.9. The number of furan rings is 1. The summed E-state index contributed by atoms with van der Waals surface area (Å²) in [7, 11) is 1.64. The highest BCUT2D eigenvalue weighted by atomic mass is 32.1. The van der Waals surface area contributed by atoms with E-state index in [1.54, 1.807) is 19.4 Å². The smallest absolute Gasteiger partial charge is 0.263 e. The molecule has 0 radical (unpaired) electrons. The number of nitrogens with one attached hydrogen (secondary N) is 1. The van der Waals surface area contributed by atoms with Crippen LogP contribution in [0.1, 0.15) is 15.4 Å². The Hall–Kier alpha value is -4.10. The highest BCUT2D eigenvalue weighted by Crippen LogP contribution is 2.41. The first kappa shape index (κ1) is 20.8. The number of aromatic nitrogens is 1.